The number of hydrogen-bond donors (Lipinski definition) is 2. The Bertz CT molecular complexity index is 900. The van der Waals surface area contributed by atoms with Crippen molar-refractivity contribution in [2.75, 3.05) is 17.2 Å². The van der Waals surface area contributed by atoms with E-state index in [9.17, 15) is 13.2 Å². The third-order valence-corrected chi connectivity index (χ3v) is 3.92. The zero-order chi connectivity index (χ0) is 19.3. The Morgan fingerprint density at radius 3 is 2.48 bits per heavy atom. The first-order chi connectivity index (χ1) is 12.9. The summed E-state index contributed by atoms with van der Waals surface area (Å²) in [5.41, 5.74) is 0.159. The van der Waals surface area contributed by atoms with E-state index >= 15 is 0 Å². The van der Waals surface area contributed by atoms with E-state index in [2.05, 4.69) is 25.8 Å². The molecule has 27 heavy (non-hydrogen) atoms. The lowest BCUT2D eigenvalue weighted by Gasteiger charge is -2.13. The molecule has 0 bridgehead atoms. The number of hydrogen-bond acceptors (Lipinski definition) is 5. The molecule has 3 rings (SSSR count). The summed E-state index contributed by atoms with van der Waals surface area (Å²) in [4.78, 5) is 4.15. The maximum absolute atomic E-state index is 13.1. The Balaban J connectivity index is 1.65. The molecular formula is C18H15ClF3N5. The van der Waals surface area contributed by atoms with Crippen LogP contribution < -0.4 is 10.6 Å². The van der Waals surface area contributed by atoms with Gasteiger partial charge in [0, 0.05) is 11.6 Å². The monoisotopic (exact) mass is 393 g/mol. The van der Waals surface area contributed by atoms with Crippen molar-refractivity contribution in [1.29, 1.82) is 0 Å². The Hall–Kier alpha value is -2.87. The molecule has 1 aromatic heterocycles. The van der Waals surface area contributed by atoms with Gasteiger partial charge in [-0.05, 0) is 36.2 Å². The summed E-state index contributed by atoms with van der Waals surface area (Å²) in [6, 6.07) is 12.6. The van der Waals surface area contributed by atoms with Gasteiger partial charge in [-0.3, -0.25) is 0 Å². The van der Waals surface area contributed by atoms with Crippen LogP contribution in [0.5, 0.6) is 0 Å². The lowest BCUT2D eigenvalue weighted by molar-refractivity contribution is -0.136. The molecule has 0 atom stereocenters. The van der Waals surface area contributed by atoms with E-state index in [1.54, 1.807) is 0 Å². The summed E-state index contributed by atoms with van der Waals surface area (Å²) in [5.74, 6) is 0.383. The van der Waals surface area contributed by atoms with E-state index < -0.39 is 11.7 Å². The second kappa shape index (κ2) is 8.22. The van der Waals surface area contributed by atoms with Crippen molar-refractivity contribution in [2.24, 2.45) is 0 Å². The summed E-state index contributed by atoms with van der Waals surface area (Å²) in [6.07, 6.45) is -2.35. The van der Waals surface area contributed by atoms with Crippen LogP contribution in [0.15, 0.2) is 54.7 Å². The summed E-state index contributed by atoms with van der Waals surface area (Å²) >= 11 is 5.85. The molecular weight excluding hydrogens is 379 g/mol. The van der Waals surface area contributed by atoms with Gasteiger partial charge in [0.2, 0.25) is 5.95 Å². The molecule has 9 heteroatoms. The molecule has 0 saturated heterocycles. The van der Waals surface area contributed by atoms with Gasteiger partial charge in [0.15, 0.2) is 5.82 Å². The van der Waals surface area contributed by atoms with Crippen molar-refractivity contribution in [3.8, 4) is 0 Å². The first-order valence-corrected chi connectivity index (χ1v) is 8.41. The predicted octanol–water partition coefficient (Wildman–Crippen LogP) is 4.94. The molecule has 5 nitrogen and oxygen atoms in total. The van der Waals surface area contributed by atoms with Gasteiger partial charge in [0.05, 0.1) is 17.4 Å². The highest BCUT2D eigenvalue weighted by atomic mass is 35.5. The quantitative estimate of drug-likeness (QED) is 0.621. The molecule has 140 valence electrons. The normalized spacial score (nSPS) is 11.3. The van der Waals surface area contributed by atoms with E-state index in [0.29, 0.717) is 17.4 Å². The van der Waals surface area contributed by atoms with Crippen LogP contribution in [-0.2, 0) is 12.6 Å². The van der Waals surface area contributed by atoms with Gasteiger partial charge in [-0.2, -0.15) is 23.3 Å². The average Bonchev–Trinajstić information content (AvgIpc) is 2.63. The molecule has 0 saturated carbocycles. The van der Waals surface area contributed by atoms with Gasteiger partial charge in [0.25, 0.3) is 0 Å². The maximum Gasteiger partial charge on any atom is 0.418 e. The van der Waals surface area contributed by atoms with Crippen LogP contribution in [0.3, 0.4) is 0 Å². The Labute approximate surface area is 158 Å². The molecule has 0 spiro atoms. The van der Waals surface area contributed by atoms with Crippen molar-refractivity contribution in [3.63, 3.8) is 0 Å². The zero-order valence-corrected chi connectivity index (χ0v) is 14.7. The van der Waals surface area contributed by atoms with Gasteiger partial charge in [-0.25, -0.2) is 0 Å². The van der Waals surface area contributed by atoms with Crippen LogP contribution in [0.4, 0.5) is 30.6 Å². The molecule has 2 N–H and O–H groups in total. The van der Waals surface area contributed by atoms with Crippen LogP contribution in [0, 0.1) is 0 Å². The number of nitrogens with zero attached hydrogens (tertiary/aromatic N) is 3. The largest absolute Gasteiger partial charge is 0.418 e. The number of aromatic nitrogens is 3. The SMILES string of the molecule is FC(F)(F)c1ccccc1Nc1nncc(NCCc2ccc(Cl)cc2)n1. The van der Waals surface area contributed by atoms with Crippen LogP contribution in [0.2, 0.25) is 5.02 Å². The minimum Gasteiger partial charge on any atom is -0.368 e. The number of rotatable bonds is 6. The maximum atomic E-state index is 13.1. The first kappa shape index (κ1) is 18.9. The highest BCUT2D eigenvalue weighted by molar-refractivity contribution is 6.30. The molecule has 3 aromatic rings. The number of benzene rings is 2. The van der Waals surface area contributed by atoms with Crippen LogP contribution >= 0.6 is 11.6 Å². The van der Waals surface area contributed by atoms with Gasteiger partial charge in [-0.15, -0.1) is 5.10 Å². The zero-order valence-electron chi connectivity index (χ0n) is 14.0. The molecule has 0 fully saturated rings. The van der Waals surface area contributed by atoms with E-state index in [1.165, 1.54) is 24.4 Å². The summed E-state index contributed by atoms with van der Waals surface area (Å²) in [6.45, 7) is 0.568. The Morgan fingerprint density at radius 1 is 1.00 bits per heavy atom. The average molecular weight is 394 g/mol. The summed E-state index contributed by atoms with van der Waals surface area (Å²) in [5, 5.41) is 13.8. The van der Waals surface area contributed by atoms with Crippen LogP contribution in [0.1, 0.15) is 11.1 Å². The van der Waals surface area contributed by atoms with Crippen molar-refractivity contribution in [2.45, 2.75) is 12.6 Å². The lowest BCUT2D eigenvalue weighted by atomic mass is 10.1. The van der Waals surface area contributed by atoms with E-state index in [1.807, 2.05) is 24.3 Å². The number of halogens is 4. The summed E-state index contributed by atoms with van der Waals surface area (Å²) < 4.78 is 39.2. The molecule has 1 heterocycles. The molecule has 0 aliphatic rings. The number of para-hydroxylation sites is 1. The summed E-state index contributed by atoms with van der Waals surface area (Å²) in [7, 11) is 0. The molecule has 0 aliphatic carbocycles. The molecule has 0 radical (unpaired) electrons. The highest BCUT2D eigenvalue weighted by Gasteiger charge is 2.33. The van der Waals surface area contributed by atoms with E-state index in [4.69, 9.17) is 11.6 Å². The second-order valence-corrected chi connectivity index (χ2v) is 6.07. The van der Waals surface area contributed by atoms with Crippen LogP contribution in [0.25, 0.3) is 0 Å². The van der Waals surface area contributed by atoms with Crippen molar-refractivity contribution < 1.29 is 13.2 Å². The number of anilines is 3. The highest BCUT2D eigenvalue weighted by Crippen LogP contribution is 2.35. The van der Waals surface area contributed by atoms with Crippen molar-refractivity contribution in [3.05, 3.63) is 70.9 Å². The molecule has 0 amide bonds. The smallest absolute Gasteiger partial charge is 0.368 e. The van der Waals surface area contributed by atoms with Gasteiger partial charge >= 0.3 is 6.18 Å². The minimum absolute atomic E-state index is 0.0248. The Kier molecular flexibility index (Phi) is 5.75. The minimum atomic E-state index is -4.48. The van der Waals surface area contributed by atoms with Crippen molar-refractivity contribution in [1.82, 2.24) is 15.2 Å². The van der Waals surface area contributed by atoms with Gasteiger partial charge in [-0.1, -0.05) is 35.9 Å². The molecule has 2 aromatic carbocycles. The second-order valence-electron chi connectivity index (χ2n) is 5.64. The van der Waals surface area contributed by atoms with Crippen molar-refractivity contribution >= 4 is 29.1 Å². The fourth-order valence-electron chi connectivity index (χ4n) is 2.39. The third kappa shape index (κ3) is 5.30. The lowest BCUT2D eigenvalue weighted by Crippen LogP contribution is -2.11. The van der Waals surface area contributed by atoms with E-state index in [0.717, 1.165) is 18.1 Å². The number of nitrogens with one attached hydrogen (secondary N) is 2. The fourth-order valence-corrected chi connectivity index (χ4v) is 2.51. The third-order valence-electron chi connectivity index (χ3n) is 3.67. The number of alkyl halides is 3. The van der Waals surface area contributed by atoms with Crippen LogP contribution in [-0.4, -0.2) is 21.7 Å². The molecule has 0 aliphatic heterocycles. The molecule has 0 unspecified atom stereocenters. The first-order valence-electron chi connectivity index (χ1n) is 8.03. The predicted molar refractivity (Wildman–Crippen MR) is 98.2 cm³/mol. The van der Waals surface area contributed by atoms with Gasteiger partial charge in [0.1, 0.15) is 0 Å². The standard InChI is InChI=1S/C18H15ClF3N5/c19-13-7-5-12(6-8-13)9-10-23-16-11-24-27-17(26-16)25-15-4-2-1-3-14(15)18(20,21)22/h1-8,11H,9-10H2,(H2,23,25,26,27). The van der Waals surface area contributed by atoms with E-state index in [-0.39, 0.29) is 11.6 Å². The van der Waals surface area contributed by atoms with Gasteiger partial charge < -0.3 is 10.6 Å². The Morgan fingerprint density at radius 2 is 1.74 bits per heavy atom. The fraction of sp³-hybridized carbons (Fsp3) is 0.167. The topological polar surface area (TPSA) is 62.7 Å².